The molecule has 4 atom stereocenters. The Bertz CT molecular complexity index is 499. The van der Waals surface area contributed by atoms with Crippen LogP contribution in [0, 0.1) is 17.3 Å². The molecule has 0 N–H and O–H groups in total. The van der Waals surface area contributed by atoms with Crippen LogP contribution in [0.1, 0.15) is 49.7 Å². The van der Waals surface area contributed by atoms with E-state index < -0.39 is 0 Å². The van der Waals surface area contributed by atoms with Crippen LogP contribution >= 0.6 is 0 Å². The molecular formula is C18H22. The van der Waals surface area contributed by atoms with Crippen LogP contribution in [0.2, 0.25) is 0 Å². The van der Waals surface area contributed by atoms with E-state index in [2.05, 4.69) is 43.3 Å². The van der Waals surface area contributed by atoms with Gasteiger partial charge in [0.15, 0.2) is 0 Å². The summed E-state index contributed by atoms with van der Waals surface area (Å²) in [7, 11) is 0. The Balaban J connectivity index is 1.75. The molecule has 0 radical (unpaired) electrons. The van der Waals surface area contributed by atoms with Gasteiger partial charge in [-0.25, -0.2) is 0 Å². The van der Waals surface area contributed by atoms with Crippen LogP contribution < -0.4 is 0 Å². The first kappa shape index (κ1) is 10.8. The van der Waals surface area contributed by atoms with Crippen molar-refractivity contribution in [1.82, 2.24) is 0 Å². The van der Waals surface area contributed by atoms with Crippen LogP contribution in [0.5, 0.6) is 0 Å². The van der Waals surface area contributed by atoms with Crippen molar-refractivity contribution in [2.45, 2.75) is 44.9 Å². The summed E-state index contributed by atoms with van der Waals surface area (Å²) >= 11 is 0. The van der Waals surface area contributed by atoms with Gasteiger partial charge in [-0.1, -0.05) is 43.3 Å². The van der Waals surface area contributed by atoms with Crippen LogP contribution in [-0.4, -0.2) is 0 Å². The SMILES string of the molecule is C[C@@]12CC=C[C@H]1[C@@H]1CCc3ccccc3[C@H]1CC2. The highest BCUT2D eigenvalue weighted by atomic mass is 14.5. The monoisotopic (exact) mass is 238 g/mol. The molecule has 0 saturated heterocycles. The quantitative estimate of drug-likeness (QED) is 0.574. The van der Waals surface area contributed by atoms with E-state index in [1.807, 2.05) is 0 Å². The fraction of sp³-hybridized carbons (Fsp3) is 0.556. The van der Waals surface area contributed by atoms with Crippen LogP contribution in [0.4, 0.5) is 0 Å². The molecule has 94 valence electrons. The highest BCUT2D eigenvalue weighted by Crippen LogP contribution is 2.58. The Hall–Kier alpha value is -1.04. The van der Waals surface area contributed by atoms with Crippen molar-refractivity contribution in [2.24, 2.45) is 17.3 Å². The second-order valence-corrected chi connectivity index (χ2v) is 6.86. The van der Waals surface area contributed by atoms with Gasteiger partial charge in [0.2, 0.25) is 0 Å². The van der Waals surface area contributed by atoms with Gasteiger partial charge < -0.3 is 0 Å². The Labute approximate surface area is 110 Å². The molecule has 1 aromatic carbocycles. The van der Waals surface area contributed by atoms with E-state index in [0.717, 1.165) is 17.8 Å². The zero-order valence-electron chi connectivity index (χ0n) is 11.2. The van der Waals surface area contributed by atoms with E-state index in [4.69, 9.17) is 0 Å². The first-order valence-electron chi connectivity index (χ1n) is 7.52. The van der Waals surface area contributed by atoms with E-state index in [0.29, 0.717) is 5.41 Å². The third-order valence-corrected chi connectivity index (χ3v) is 5.94. The summed E-state index contributed by atoms with van der Waals surface area (Å²) in [6.07, 6.45) is 11.9. The summed E-state index contributed by atoms with van der Waals surface area (Å²) in [5, 5.41) is 0. The summed E-state index contributed by atoms with van der Waals surface area (Å²) in [6, 6.07) is 9.19. The molecule has 1 saturated carbocycles. The van der Waals surface area contributed by atoms with E-state index in [1.165, 1.54) is 32.1 Å². The minimum Gasteiger partial charge on any atom is -0.0877 e. The molecule has 0 nitrogen and oxygen atoms in total. The molecule has 0 unspecified atom stereocenters. The predicted molar refractivity (Wildman–Crippen MR) is 75.6 cm³/mol. The lowest BCUT2D eigenvalue weighted by Crippen LogP contribution is -2.39. The van der Waals surface area contributed by atoms with E-state index in [-0.39, 0.29) is 0 Å². The van der Waals surface area contributed by atoms with Gasteiger partial charge in [0, 0.05) is 0 Å². The lowest BCUT2D eigenvalue weighted by Gasteiger charge is -2.49. The molecule has 0 aromatic heterocycles. The number of allylic oxidation sites excluding steroid dienone is 2. The normalized spacial score (nSPS) is 41.1. The van der Waals surface area contributed by atoms with Gasteiger partial charge in [0.25, 0.3) is 0 Å². The molecule has 18 heavy (non-hydrogen) atoms. The molecule has 0 amide bonds. The summed E-state index contributed by atoms with van der Waals surface area (Å²) in [5.41, 5.74) is 3.90. The minimum atomic E-state index is 0.591. The van der Waals surface area contributed by atoms with Gasteiger partial charge in [-0.2, -0.15) is 0 Å². The lowest BCUT2D eigenvalue weighted by atomic mass is 9.56. The van der Waals surface area contributed by atoms with Gasteiger partial charge in [-0.15, -0.1) is 0 Å². The van der Waals surface area contributed by atoms with Crippen molar-refractivity contribution in [3.05, 3.63) is 47.5 Å². The molecule has 0 heteroatoms. The first-order valence-corrected chi connectivity index (χ1v) is 7.52. The van der Waals surface area contributed by atoms with Crippen LogP contribution in [0.15, 0.2) is 36.4 Å². The van der Waals surface area contributed by atoms with Gasteiger partial charge in [0.1, 0.15) is 0 Å². The van der Waals surface area contributed by atoms with Gasteiger partial charge in [-0.05, 0) is 66.4 Å². The number of fused-ring (bicyclic) bond motifs is 5. The van der Waals surface area contributed by atoms with Crippen molar-refractivity contribution < 1.29 is 0 Å². The molecule has 3 aliphatic rings. The molecule has 4 rings (SSSR count). The number of hydrogen-bond donors (Lipinski definition) is 0. The molecule has 3 aliphatic carbocycles. The second-order valence-electron chi connectivity index (χ2n) is 6.86. The van der Waals surface area contributed by atoms with Gasteiger partial charge in [0.05, 0.1) is 0 Å². The van der Waals surface area contributed by atoms with Crippen molar-refractivity contribution >= 4 is 0 Å². The highest BCUT2D eigenvalue weighted by molar-refractivity contribution is 5.35. The van der Waals surface area contributed by atoms with Crippen molar-refractivity contribution in [2.75, 3.05) is 0 Å². The van der Waals surface area contributed by atoms with E-state index in [9.17, 15) is 0 Å². The summed E-state index contributed by atoms with van der Waals surface area (Å²) in [5.74, 6) is 2.61. The third kappa shape index (κ3) is 1.38. The standard InChI is InChI=1S/C18H22/c1-18-11-4-7-17(18)16-9-8-13-5-2-3-6-14(13)15(16)10-12-18/h2-7,15-17H,8-12H2,1H3/t15-,16-,17+,18+/m1/s1. The maximum atomic E-state index is 2.55. The Morgan fingerprint density at radius 3 is 3.00 bits per heavy atom. The topological polar surface area (TPSA) is 0 Å². The van der Waals surface area contributed by atoms with E-state index in [1.54, 1.807) is 11.1 Å². The number of hydrogen-bond acceptors (Lipinski definition) is 0. The Morgan fingerprint density at radius 1 is 1.17 bits per heavy atom. The fourth-order valence-corrected chi connectivity index (χ4v) is 4.94. The molecule has 0 spiro atoms. The Morgan fingerprint density at radius 2 is 2.06 bits per heavy atom. The van der Waals surface area contributed by atoms with Crippen molar-refractivity contribution in [1.29, 1.82) is 0 Å². The number of aryl methyl sites for hydroxylation is 1. The predicted octanol–water partition coefficient (Wildman–Crippen LogP) is 4.71. The third-order valence-electron chi connectivity index (χ3n) is 5.94. The van der Waals surface area contributed by atoms with Gasteiger partial charge >= 0.3 is 0 Å². The first-order chi connectivity index (χ1) is 8.78. The summed E-state index contributed by atoms with van der Waals surface area (Å²) in [4.78, 5) is 0. The maximum Gasteiger partial charge on any atom is -0.0125 e. The average Bonchev–Trinajstić information content (AvgIpc) is 2.80. The second kappa shape index (κ2) is 3.73. The van der Waals surface area contributed by atoms with Gasteiger partial charge in [-0.3, -0.25) is 0 Å². The smallest absolute Gasteiger partial charge is 0.0125 e. The lowest BCUT2D eigenvalue weighted by molar-refractivity contribution is 0.0787. The van der Waals surface area contributed by atoms with Crippen LogP contribution in [0.3, 0.4) is 0 Å². The van der Waals surface area contributed by atoms with Crippen LogP contribution in [0.25, 0.3) is 0 Å². The van der Waals surface area contributed by atoms with E-state index >= 15 is 0 Å². The van der Waals surface area contributed by atoms with Crippen LogP contribution in [-0.2, 0) is 6.42 Å². The fourth-order valence-electron chi connectivity index (χ4n) is 4.94. The number of benzene rings is 1. The number of rotatable bonds is 0. The molecular weight excluding hydrogens is 216 g/mol. The summed E-state index contributed by atoms with van der Waals surface area (Å²) < 4.78 is 0. The van der Waals surface area contributed by atoms with Crippen molar-refractivity contribution in [3.8, 4) is 0 Å². The Kier molecular flexibility index (Phi) is 2.24. The largest absolute Gasteiger partial charge is 0.0877 e. The molecule has 1 fully saturated rings. The zero-order chi connectivity index (χ0) is 12.2. The molecule has 0 heterocycles. The summed E-state index contributed by atoms with van der Waals surface area (Å²) in [6.45, 7) is 2.52. The maximum absolute atomic E-state index is 2.55. The average molecular weight is 238 g/mol. The molecule has 1 aromatic rings. The zero-order valence-corrected chi connectivity index (χ0v) is 11.2. The minimum absolute atomic E-state index is 0.591. The highest BCUT2D eigenvalue weighted by Gasteiger charge is 2.48. The van der Waals surface area contributed by atoms with Crippen molar-refractivity contribution in [3.63, 3.8) is 0 Å². The molecule has 0 aliphatic heterocycles. The molecule has 0 bridgehead atoms.